The molecule has 20 heavy (non-hydrogen) atoms. The van der Waals surface area contributed by atoms with E-state index in [1.165, 1.54) is 0 Å². The molecular weight excluding hydrogens is 276 g/mol. The van der Waals surface area contributed by atoms with Crippen LogP contribution in [0.2, 0.25) is 0 Å². The summed E-state index contributed by atoms with van der Waals surface area (Å²) in [4.78, 5) is 19.4. The molecule has 5 nitrogen and oxygen atoms in total. The van der Waals surface area contributed by atoms with Crippen LogP contribution in [-0.2, 0) is 9.47 Å². The number of hydrogen-bond donors (Lipinski definition) is 0. The van der Waals surface area contributed by atoms with E-state index in [1.807, 2.05) is 6.92 Å². The van der Waals surface area contributed by atoms with E-state index in [2.05, 4.69) is 16.8 Å². The Morgan fingerprint density at radius 3 is 2.95 bits per heavy atom. The number of aromatic nitrogens is 1. The summed E-state index contributed by atoms with van der Waals surface area (Å²) >= 11 is 1.54. The molecule has 1 saturated heterocycles. The van der Waals surface area contributed by atoms with Crippen LogP contribution < -0.4 is 4.90 Å². The SMILES string of the molecule is CCOC(=O)c1nc(N(CC)CC2CCCO2)sc1C. The van der Waals surface area contributed by atoms with Crippen LogP contribution in [0.1, 0.15) is 42.1 Å². The van der Waals surface area contributed by atoms with E-state index in [1.54, 1.807) is 18.3 Å². The Morgan fingerprint density at radius 2 is 2.35 bits per heavy atom. The van der Waals surface area contributed by atoms with Crippen molar-refractivity contribution in [3.05, 3.63) is 10.6 Å². The van der Waals surface area contributed by atoms with Crippen LogP contribution in [0, 0.1) is 6.92 Å². The number of aryl methyl sites for hydroxylation is 1. The van der Waals surface area contributed by atoms with E-state index < -0.39 is 0 Å². The standard InChI is InChI=1S/C14H22N2O3S/c1-4-16(9-11-7-6-8-19-11)14-15-12(10(3)20-14)13(17)18-5-2/h11H,4-9H2,1-3H3. The summed E-state index contributed by atoms with van der Waals surface area (Å²) in [5.74, 6) is -0.333. The fraction of sp³-hybridized carbons (Fsp3) is 0.714. The van der Waals surface area contributed by atoms with E-state index in [0.717, 1.165) is 42.5 Å². The quantitative estimate of drug-likeness (QED) is 0.756. The summed E-state index contributed by atoms with van der Waals surface area (Å²) in [7, 11) is 0. The fourth-order valence-corrected chi connectivity index (χ4v) is 3.25. The third-order valence-electron chi connectivity index (χ3n) is 3.35. The topological polar surface area (TPSA) is 51.7 Å². The highest BCUT2D eigenvalue weighted by molar-refractivity contribution is 7.15. The number of carbonyl (C=O) groups excluding carboxylic acids is 1. The lowest BCUT2D eigenvalue weighted by atomic mass is 10.2. The van der Waals surface area contributed by atoms with E-state index in [9.17, 15) is 4.79 Å². The maximum Gasteiger partial charge on any atom is 0.358 e. The predicted molar refractivity (Wildman–Crippen MR) is 79.7 cm³/mol. The molecular formula is C14H22N2O3S. The highest BCUT2D eigenvalue weighted by Crippen LogP contribution is 2.27. The number of anilines is 1. The van der Waals surface area contributed by atoms with Crippen LogP contribution in [0.25, 0.3) is 0 Å². The number of nitrogens with zero attached hydrogens (tertiary/aromatic N) is 2. The molecule has 6 heteroatoms. The van der Waals surface area contributed by atoms with Crippen molar-refractivity contribution in [3.63, 3.8) is 0 Å². The highest BCUT2D eigenvalue weighted by atomic mass is 32.1. The molecule has 0 N–H and O–H groups in total. The van der Waals surface area contributed by atoms with Crippen molar-refractivity contribution in [2.45, 2.75) is 39.7 Å². The Labute approximate surface area is 123 Å². The molecule has 0 aromatic carbocycles. The number of likely N-dealkylation sites (N-methyl/N-ethyl adjacent to an activating group) is 1. The van der Waals surface area contributed by atoms with Crippen LogP contribution in [-0.4, -0.2) is 43.4 Å². The molecule has 1 fully saturated rings. The minimum Gasteiger partial charge on any atom is -0.461 e. The molecule has 1 atom stereocenters. The van der Waals surface area contributed by atoms with E-state index in [4.69, 9.17) is 9.47 Å². The number of thiazole rings is 1. The van der Waals surface area contributed by atoms with Crippen LogP contribution in [0.5, 0.6) is 0 Å². The number of hydrogen-bond acceptors (Lipinski definition) is 6. The first-order chi connectivity index (χ1) is 9.65. The average molecular weight is 298 g/mol. The van der Waals surface area contributed by atoms with Crippen molar-refractivity contribution in [1.29, 1.82) is 0 Å². The lowest BCUT2D eigenvalue weighted by molar-refractivity contribution is 0.0519. The first-order valence-corrected chi connectivity index (χ1v) is 7.98. The monoisotopic (exact) mass is 298 g/mol. The smallest absolute Gasteiger partial charge is 0.358 e. The first kappa shape index (κ1) is 15.3. The van der Waals surface area contributed by atoms with Crippen molar-refractivity contribution >= 4 is 22.4 Å². The summed E-state index contributed by atoms with van der Waals surface area (Å²) in [6.07, 6.45) is 2.52. The van der Waals surface area contributed by atoms with Crippen LogP contribution in [0.3, 0.4) is 0 Å². The summed E-state index contributed by atoms with van der Waals surface area (Å²) in [5.41, 5.74) is 0.442. The number of esters is 1. The molecule has 0 radical (unpaired) electrons. The summed E-state index contributed by atoms with van der Waals surface area (Å²) < 4.78 is 10.7. The van der Waals surface area contributed by atoms with Crippen LogP contribution in [0.15, 0.2) is 0 Å². The van der Waals surface area contributed by atoms with E-state index in [0.29, 0.717) is 12.3 Å². The van der Waals surface area contributed by atoms with Gasteiger partial charge in [0, 0.05) is 24.6 Å². The maximum absolute atomic E-state index is 11.8. The normalized spacial score (nSPS) is 18.2. The molecule has 1 unspecified atom stereocenters. The number of rotatable bonds is 6. The summed E-state index contributed by atoms with van der Waals surface area (Å²) in [6.45, 7) is 8.73. The first-order valence-electron chi connectivity index (χ1n) is 7.16. The molecule has 0 saturated carbocycles. The fourth-order valence-electron chi connectivity index (χ4n) is 2.28. The number of ether oxygens (including phenoxy) is 2. The summed E-state index contributed by atoms with van der Waals surface area (Å²) in [6, 6.07) is 0. The molecule has 1 aliphatic heterocycles. The maximum atomic E-state index is 11.8. The largest absolute Gasteiger partial charge is 0.461 e. The second-order valence-electron chi connectivity index (χ2n) is 4.80. The van der Waals surface area contributed by atoms with Crippen molar-refractivity contribution in [1.82, 2.24) is 4.98 Å². The Balaban J connectivity index is 2.09. The van der Waals surface area contributed by atoms with Gasteiger partial charge in [-0.3, -0.25) is 0 Å². The van der Waals surface area contributed by atoms with Gasteiger partial charge in [0.2, 0.25) is 0 Å². The van der Waals surface area contributed by atoms with Gasteiger partial charge in [-0.15, -0.1) is 11.3 Å². The molecule has 0 spiro atoms. The molecule has 2 rings (SSSR count). The van der Waals surface area contributed by atoms with Crippen LogP contribution in [0.4, 0.5) is 5.13 Å². The molecule has 2 heterocycles. The van der Waals surface area contributed by atoms with Gasteiger partial charge in [0.25, 0.3) is 0 Å². The van der Waals surface area contributed by atoms with Gasteiger partial charge < -0.3 is 14.4 Å². The molecule has 1 aromatic heterocycles. The minimum atomic E-state index is -0.333. The average Bonchev–Trinajstić information content (AvgIpc) is 3.05. The van der Waals surface area contributed by atoms with Gasteiger partial charge in [0.15, 0.2) is 10.8 Å². The molecule has 0 aliphatic carbocycles. The lowest BCUT2D eigenvalue weighted by Crippen LogP contribution is -2.32. The lowest BCUT2D eigenvalue weighted by Gasteiger charge is -2.23. The zero-order valence-corrected chi connectivity index (χ0v) is 13.2. The Bertz CT molecular complexity index is 455. The van der Waals surface area contributed by atoms with Crippen molar-refractivity contribution in [2.24, 2.45) is 0 Å². The Kier molecular flexibility index (Phi) is 5.37. The van der Waals surface area contributed by atoms with Gasteiger partial charge >= 0.3 is 5.97 Å². The van der Waals surface area contributed by atoms with Crippen molar-refractivity contribution in [2.75, 3.05) is 31.2 Å². The molecule has 112 valence electrons. The molecule has 0 bridgehead atoms. The third kappa shape index (κ3) is 3.49. The van der Waals surface area contributed by atoms with Gasteiger partial charge in [-0.25, -0.2) is 9.78 Å². The zero-order valence-electron chi connectivity index (χ0n) is 12.3. The Hall–Kier alpha value is -1.14. The highest BCUT2D eigenvalue weighted by Gasteiger charge is 2.23. The van der Waals surface area contributed by atoms with Gasteiger partial charge in [-0.05, 0) is 33.6 Å². The second-order valence-corrected chi connectivity index (χ2v) is 5.98. The molecule has 0 amide bonds. The van der Waals surface area contributed by atoms with Crippen molar-refractivity contribution < 1.29 is 14.3 Å². The third-order valence-corrected chi connectivity index (χ3v) is 4.39. The van der Waals surface area contributed by atoms with Crippen molar-refractivity contribution in [3.8, 4) is 0 Å². The second kappa shape index (κ2) is 7.04. The van der Waals surface area contributed by atoms with Gasteiger partial charge in [0.1, 0.15) is 0 Å². The molecule has 1 aromatic rings. The number of carbonyl (C=O) groups is 1. The van der Waals surface area contributed by atoms with Gasteiger partial charge in [-0.2, -0.15) is 0 Å². The van der Waals surface area contributed by atoms with Gasteiger partial charge in [-0.1, -0.05) is 0 Å². The molecule has 1 aliphatic rings. The van der Waals surface area contributed by atoms with Gasteiger partial charge in [0.05, 0.1) is 12.7 Å². The summed E-state index contributed by atoms with van der Waals surface area (Å²) in [5, 5.41) is 0.878. The Morgan fingerprint density at radius 1 is 1.55 bits per heavy atom. The van der Waals surface area contributed by atoms with E-state index >= 15 is 0 Å². The van der Waals surface area contributed by atoms with Crippen LogP contribution >= 0.6 is 11.3 Å². The van der Waals surface area contributed by atoms with E-state index in [-0.39, 0.29) is 12.1 Å². The minimum absolute atomic E-state index is 0.283. The zero-order chi connectivity index (χ0) is 14.5. The predicted octanol–water partition coefficient (Wildman–Crippen LogP) is 2.63.